The molecule has 0 aliphatic carbocycles. The molecule has 0 saturated carbocycles. The lowest BCUT2D eigenvalue weighted by Crippen LogP contribution is -2.10. The quantitative estimate of drug-likeness (QED) is 0.651. The van der Waals surface area contributed by atoms with Crippen LogP contribution >= 0.6 is 0 Å². The van der Waals surface area contributed by atoms with Crippen molar-refractivity contribution in [1.82, 2.24) is 0 Å². The molecule has 0 heterocycles. The number of aliphatic imine (C=N–C) groups is 1. The molecule has 0 spiro atoms. The third-order valence-electron chi connectivity index (χ3n) is 2.58. The summed E-state index contributed by atoms with van der Waals surface area (Å²) in [5.41, 5.74) is 8.30. The number of nitrogens with two attached hydrogens (primary N) is 1. The van der Waals surface area contributed by atoms with Crippen LogP contribution in [-0.2, 0) is 0 Å². The Balaban J connectivity index is 4.57. The molecule has 0 rings (SSSR count). The first kappa shape index (κ1) is 13.2. The van der Waals surface area contributed by atoms with Gasteiger partial charge in [0.15, 0.2) is 0 Å². The van der Waals surface area contributed by atoms with Crippen molar-refractivity contribution in [1.29, 1.82) is 0 Å². The molecule has 0 saturated heterocycles. The first-order chi connectivity index (χ1) is 6.67. The van der Waals surface area contributed by atoms with Crippen LogP contribution in [0.1, 0.15) is 46.5 Å². The largest absolute Gasteiger partial charge is 0.402 e. The van der Waals surface area contributed by atoms with Gasteiger partial charge < -0.3 is 5.73 Å². The highest BCUT2D eigenvalue weighted by atomic mass is 14.7. The third kappa shape index (κ3) is 4.45. The molecule has 1 atom stereocenters. The first-order valence-electron chi connectivity index (χ1n) is 5.57. The smallest absolute Gasteiger partial charge is 0.0277 e. The maximum atomic E-state index is 6.05. The van der Waals surface area contributed by atoms with Gasteiger partial charge in [-0.15, -0.1) is 0 Å². The molecule has 0 bridgehead atoms. The van der Waals surface area contributed by atoms with E-state index in [1.54, 1.807) is 7.05 Å². The Morgan fingerprint density at radius 2 is 2.07 bits per heavy atom. The maximum absolute atomic E-state index is 6.05. The molecule has 2 nitrogen and oxygen atoms in total. The van der Waals surface area contributed by atoms with Crippen LogP contribution in [0.15, 0.2) is 16.3 Å². The molecule has 2 N–H and O–H groups in total. The summed E-state index contributed by atoms with van der Waals surface area (Å²) >= 11 is 0. The number of allylic oxidation sites excluding steroid dienone is 2. The van der Waals surface area contributed by atoms with Gasteiger partial charge in [0.1, 0.15) is 0 Å². The molecule has 0 aromatic carbocycles. The van der Waals surface area contributed by atoms with E-state index in [1.807, 2.05) is 6.21 Å². The summed E-state index contributed by atoms with van der Waals surface area (Å²) in [7, 11) is 1.80. The van der Waals surface area contributed by atoms with Gasteiger partial charge in [-0.05, 0) is 30.8 Å². The molecule has 0 amide bonds. The molecule has 1 unspecified atom stereocenters. The Morgan fingerprint density at radius 1 is 1.43 bits per heavy atom. The SMILES string of the molecule is CCCC/C(N)=C(/C=NC)C(C)CC. The number of unbranched alkanes of at least 4 members (excludes halogenated alkanes) is 1. The van der Waals surface area contributed by atoms with Crippen LogP contribution in [0.3, 0.4) is 0 Å². The Bertz CT molecular complexity index is 204. The van der Waals surface area contributed by atoms with Crippen molar-refractivity contribution in [2.75, 3.05) is 7.05 Å². The number of hydrogen-bond donors (Lipinski definition) is 1. The second kappa shape index (κ2) is 7.60. The average Bonchev–Trinajstić information content (AvgIpc) is 2.21. The molecule has 82 valence electrons. The highest BCUT2D eigenvalue weighted by molar-refractivity contribution is 5.80. The molecule has 0 aromatic heterocycles. The van der Waals surface area contributed by atoms with E-state index in [-0.39, 0.29) is 0 Å². The van der Waals surface area contributed by atoms with Crippen LogP contribution in [-0.4, -0.2) is 13.3 Å². The topological polar surface area (TPSA) is 38.4 Å². The van der Waals surface area contributed by atoms with Crippen LogP contribution in [0.5, 0.6) is 0 Å². The Labute approximate surface area is 88.3 Å². The molecule has 0 aromatic rings. The van der Waals surface area contributed by atoms with Crippen molar-refractivity contribution in [2.24, 2.45) is 16.6 Å². The van der Waals surface area contributed by atoms with Crippen LogP contribution < -0.4 is 5.73 Å². The van der Waals surface area contributed by atoms with E-state index in [0.717, 1.165) is 18.5 Å². The fourth-order valence-corrected chi connectivity index (χ4v) is 1.40. The second-order valence-corrected chi connectivity index (χ2v) is 3.78. The highest BCUT2D eigenvalue weighted by Crippen LogP contribution is 2.17. The summed E-state index contributed by atoms with van der Waals surface area (Å²) in [4.78, 5) is 4.07. The van der Waals surface area contributed by atoms with E-state index in [1.165, 1.54) is 18.4 Å². The van der Waals surface area contributed by atoms with Crippen LogP contribution in [0.4, 0.5) is 0 Å². The van der Waals surface area contributed by atoms with Crippen molar-refractivity contribution < 1.29 is 0 Å². The zero-order chi connectivity index (χ0) is 11.0. The van der Waals surface area contributed by atoms with Gasteiger partial charge in [-0.1, -0.05) is 27.2 Å². The van der Waals surface area contributed by atoms with Crippen LogP contribution in [0.25, 0.3) is 0 Å². The maximum Gasteiger partial charge on any atom is 0.0277 e. The summed E-state index contributed by atoms with van der Waals surface area (Å²) in [6.45, 7) is 6.57. The first-order valence-corrected chi connectivity index (χ1v) is 5.57. The molecule has 0 aliphatic rings. The second-order valence-electron chi connectivity index (χ2n) is 3.78. The van der Waals surface area contributed by atoms with Crippen molar-refractivity contribution in [3.8, 4) is 0 Å². The minimum atomic E-state index is 0.524. The zero-order valence-corrected chi connectivity index (χ0v) is 10.0. The van der Waals surface area contributed by atoms with Crippen molar-refractivity contribution in [2.45, 2.75) is 46.5 Å². The van der Waals surface area contributed by atoms with Gasteiger partial charge in [0, 0.05) is 19.0 Å². The van der Waals surface area contributed by atoms with Crippen LogP contribution in [0, 0.1) is 5.92 Å². The minimum absolute atomic E-state index is 0.524. The van der Waals surface area contributed by atoms with E-state index < -0.39 is 0 Å². The fraction of sp³-hybridized carbons (Fsp3) is 0.750. The van der Waals surface area contributed by atoms with Gasteiger partial charge in [-0.3, -0.25) is 4.99 Å². The number of hydrogen-bond acceptors (Lipinski definition) is 2. The predicted molar refractivity (Wildman–Crippen MR) is 64.6 cm³/mol. The van der Waals surface area contributed by atoms with Crippen molar-refractivity contribution in [3.63, 3.8) is 0 Å². The average molecular weight is 196 g/mol. The highest BCUT2D eigenvalue weighted by Gasteiger charge is 2.08. The van der Waals surface area contributed by atoms with Crippen molar-refractivity contribution in [3.05, 3.63) is 11.3 Å². The Kier molecular flexibility index (Phi) is 7.17. The number of rotatable bonds is 6. The summed E-state index contributed by atoms with van der Waals surface area (Å²) in [5, 5.41) is 0. The van der Waals surface area contributed by atoms with E-state index in [4.69, 9.17) is 5.73 Å². The fourth-order valence-electron chi connectivity index (χ4n) is 1.40. The lowest BCUT2D eigenvalue weighted by atomic mass is 9.95. The third-order valence-corrected chi connectivity index (χ3v) is 2.58. The Morgan fingerprint density at radius 3 is 2.50 bits per heavy atom. The molecule has 0 aliphatic heterocycles. The lowest BCUT2D eigenvalue weighted by Gasteiger charge is -2.13. The molecule has 2 heteroatoms. The monoisotopic (exact) mass is 196 g/mol. The van der Waals surface area contributed by atoms with Gasteiger partial charge in [-0.25, -0.2) is 0 Å². The predicted octanol–water partition coefficient (Wildman–Crippen LogP) is 3.14. The lowest BCUT2D eigenvalue weighted by molar-refractivity contribution is 0.660. The van der Waals surface area contributed by atoms with E-state index in [0.29, 0.717) is 5.92 Å². The van der Waals surface area contributed by atoms with Crippen LogP contribution in [0.2, 0.25) is 0 Å². The summed E-state index contributed by atoms with van der Waals surface area (Å²) in [6, 6.07) is 0. The summed E-state index contributed by atoms with van der Waals surface area (Å²) in [6.07, 6.45) is 6.40. The standard InChI is InChI=1S/C12H24N2/c1-5-7-8-12(13)11(9-14-4)10(3)6-2/h9-10H,5-8,13H2,1-4H3/b12-11+,14-9?. The van der Waals surface area contributed by atoms with E-state index in [2.05, 4.69) is 25.8 Å². The Hall–Kier alpha value is -0.790. The van der Waals surface area contributed by atoms with E-state index >= 15 is 0 Å². The molecular weight excluding hydrogens is 172 g/mol. The van der Waals surface area contributed by atoms with Crippen molar-refractivity contribution >= 4 is 6.21 Å². The molecule has 14 heavy (non-hydrogen) atoms. The zero-order valence-electron chi connectivity index (χ0n) is 10.0. The van der Waals surface area contributed by atoms with Gasteiger partial charge in [0.2, 0.25) is 0 Å². The molecule has 0 fully saturated rings. The number of nitrogens with zero attached hydrogens (tertiary/aromatic N) is 1. The summed E-state index contributed by atoms with van der Waals surface area (Å²) < 4.78 is 0. The molecular formula is C12H24N2. The van der Waals surface area contributed by atoms with Gasteiger partial charge in [0.05, 0.1) is 0 Å². The van der Waals surface area contributed by atoms with Gasteiger partial charge >= 0.3 is 0 Å². The van der Waals surface area contributed by atoms with E-state index in [9.17, 15) is 0 Å². The summed E-state index contributed by atoms with van der Waals surface area (Å²) in [5.74, 6) is 0.524. The van der Waals surface area contributed by atoms with Gasteiger partial charge in [-0.2, -0.15) is 0 Å². The van der Waals surface area contributed by atoms with Gasteiger partial charge in [0.25, 0.3) is 0 Å². The normalized spacial score (nSPS) is 15.7. The molecule has 0 radical (unpaired) electrons. The minimum Gasteiger partial charge on any atom is -0.402 e.